The maximum absolute atomic E-state index is 12.6. The van der Waals surface area contributed by atoms with Gasteiger partial charge in [0.05, 0.1) is 16.6 Å². The van der Waals surface area contributed by atoms with Gasteiger partial charge < -0.3 is 14.0 Å². The number of hydrogen-bond donors (Lipinski definition) is 0. The Labute approximate surface area is 169 Å². The van der Waals surface area contributed by atoms with Crippen LogP contribution in [0.15, 0.2) is 41.4 Å². The molecule has 0 unspecified atom stereocenters. The lowest BCUT2D eigenvalue weighted by molar-refractivity contribution is -0.117. The van der Waals surface area contributed by atoms with Gasteiger partial charge in [-0.15, -0.1) is 0 Å². The lowest BCUT2D eigenvalue weighted by Gasteiger charge is -2.04. The summed E-state index contributed by atoms with van der Waals surface area (Å²) >= 11 is 9.36. The molecule has 4 rings (SSSR count). The number of aryl methyl sites for hydroxylation is 1. The molecule has 1 aliphatic rings. The Hall–Kier alpha value is -1.96. The molecule has 1 aliphatic heterocycles. The number of ether oxygens (including phenoxy) is 2. The second-order valence-electron chi connectivity index (χ2n) is 6.01. The summed E-state index contributed by atoms with van der Waals surface area (Å²) in [6, 6.07) is 11.3. The molecule has 0 N–H and O–H groups in total. The van der Waals surface area contributed by atoms with E-state index in [1.165, 1.54) is 11.3 Å². The number of fused-ring (bicyclic) bond motifs is 2. The fourth-order valence-electron chi connectivity index (χ4n) is 2.90. The quantitative estimate of drug-likeness (QED) is 0.623. The third-order valence-corrected chi connectivity index (χ3v) is 6.04. The molecule has 0 saturated carbocycles. The molecule has 0 bridgehead atoms. The van der Waals surface area contributed by atoms with Gasteiger partial charge in [-0.3, -0.25) is 4.79 Å². The normalized spacial score (nSPS) is 13.5. The van der Waals surface area contributed by atoms with E-state index in [9.17, 15) is 4.79 Å². The van der Waals surface area contributed by atoms with Crippen molar-refractivity contribution in [2.45, 2.75) is 13.0 Å². The Morgan fingerprint density at radius 3 is 2.96 bits per heavy atom. The van der Waals surface area contributed by atoms with Crippen molar-refractivity contribution in [2.75, 3.05) is 18.8 Å². The van der Waals surface area contributed by atoms with Crippen LogP contribution >= 0.6 is 34.7 Å². The van der Waals surface area contributed by atoms with Gasteiger partial charge in [0.25, 0.3) is 5.91 Å². The molecule has 27 heavy (non-hydrogen) atoms. The van der Waals surface area contributed by atoms with Gasteiger partial charge in [0.1, 0.15) is 0 Å². The first kappa shape index (κ1) is 18.4. The van der Waals surface area contributed by atoms with E-state index < -0.39 is 0 Å². The number of carbonyl (C=O) groups excluding carboxylic acids is 1. The summed E-state index contributed by atoms with van der Waals surface area (Å²) in [4.78, 5) is 17.7. The predicted molar refractivity (Wildman–Crippen MR) is 110 cm³/mol. The lowest BCUT2D eigenvalue weighted by Crippen LogP contribution is -2.18. The molecule has 3 aromatic rings. The van der Waals surface area contributed by atoms with Gasteiger partial charge in [-0.25, -0.2) is 0 Å². The minimum atomic E-state index is -0.190. The number of amides is 1. The van der Waals surface area contributed by atoms with Crippen LogP contribution in [0.4, 0.5) is 0 Å². The van der Waals surface area contributed by atoms with Gasteiger partial charge in [-0.1, -0.05) is 29.0 Å². The van der Waals surface area contributed by atoms with Crippen molar-refractivity contribution in [1.29, 1.82) is 0 Å². The Morgan fingerprint density at radius 2 is 2.11 bits per heavy atom. The van der Waals surface area contributed by atoms with Crippen molar-refractivity contribution < 1.29 is 14.3 Å². The van der Waals surface area contributed by atoms with Gasteiger partial charge in [0.2, 0.25) is 6.79 Å². The van der Waals surface area contributed by atoms with Gasteiger partial charge in [0.15, 0.2) is 16.3 Å². The molecule has 0 atom stereocenters. The Morgan fingerprint density at radius 1 is 1.26 bits per heavy atom. The summed E-state index contributed by atoms with van der Waals surface area (Å²) < 4.78 is 13.8. The Balaban J connectivity index is 1.65. The maximum Gasteiger partial charge on any atom is 0.252 e. The van der Waals surface area contributed by atoms with Crippen LogP contribution < -0.4 is 14.3 Å². The average Bonchev–Trinajstić information content (AvgIpc) is 3.23. The van der Waals surface area contributed by atoms with Crippen molar-refractivity contribution in [3.05, 3.63) is 51.8 Å². The highest BCUT2D eigenvalue weighted by Gasteiger charge is 2.15. The van der Waals surface area contributed by atoms with Crippen LogP contribution in [0.25, 0.3) is 10.2 Å². The van der Waals surface area contributed by atoms with Crippen molar-refractivity contribution in [1.82, 2.24) is 4.57 Å². The minimum Gasteiger partial charge on any atom is -0.454 e. The third-order valence-electron chi connectivity index (χ3n) is 4.18. The fourth-order valence-corrected chi connectivity index (χ4v) is 4.62. The van der Waals surface area contributed by atoms with Crippen molar-refractivity contribution in [3.8, 4) is 11.5 Å². The van der Waals surface area contributed by atoms with E-state index in [1.807, 2.05) is 36.4 Å². The molecule has 5 nitrogen and oxygen atoms in total. The molecule has 2 heterocycles. The molecule has 0 spiro atoms. The van der Waals surface area contributed by atoms with Crippen molar-refractivity contribution >= 4 is 50.8 Å². The zero-order chi connectivity index (χ0) is 18.8. The van der Waals surface area contributed by atoms with E-state index >= 15 is 0 Å². The Bertz CT molecular complexity index is 1070. The smallest absolute Gasteiger partial charge is 0.252 e. The topological polar surface area (TPSA) is 52.8 Å². The summed E-state index contributed by atoms with van der Waals surface area (Å²) in [6.07, 6.45) is 2.28. The van der Waals surface area contributed by atoms with E-state index in [4.69, 9.17) is 21.1 Å². The molecule has 0 aliphatic carbocycles. The number of thioether (sulfide) groups is 1. The molecule has 1 amide bonds. The van der Waals surface area contributed by atoms with Gasteiger partial charge in [0, 0.05) is 17.3 Å². The van der Waals surface area contributed by atoms with Crippen LogP contribution in [-0.4, -0.2) is 29.3 Å². The van der Waals surface area contributed by atoms with E-state index in [1.54, 1.807) is 11.8 Å². The number of benzene rings is 2. The predicted octanol–water partition coefficient (Wildman–Crippen LogP) is 4.12. The maximum atomic E-state index is 12.6. The molecule has 0 saturated heterocycles. The number of carbonyl (C=O) groups is 1. The standard InChI is InChI=1S/C19H17ClN2O3S2/c1-26-7-6-22-14-4-3-13(20)10-17(14)27-19(22)21-18(23)9-12-2-5-15-16(8-12)25-11-24-15/h2-5,8,10H,6-7,9,11H2,1H3. The first-order chi connectivity index (χ1) is 13.1. The molecule has 1 aromatic heterocycles. The third kappa shape index (κ3) is 4.00. The average molecular weight is 421 g/mol. The number of hydrogen-bond acceptors (Lipinski definition) is 5. The Kier molecular flexibility index (Phi) is 5.43. The van der Waals surface area contributed by atoms with Crippen LogP contribution in [0.3, 0.4) is 0 Å². The zero-order valence-electron chi connectivity index (χ0n) is 14.6. The summed E-state index contributed by atoms with van der Waals surface area (Å²) in [7, 11) is 0. The van der Waals surface area contributed by atoms with E-state index in [2.05, 4.69) is 15.8 Å². The van der Waals surface area contributed by atoms with Crippen molar-refractivity contribution in [2.24, 2.45) is 4.99 Å². The molecule has 0 fully saturated rings. The van der Waals surface area contributed by atoms with Crippen LogP contribution in [0, 0.1) is 0 Å². The number of thiazole rings is 1. The van der Waals surface area contributed by atoms with Gasteiger partial charge >= 0.3 is 0 Å². The second kappa shape index (κ2) is 7.96. The second-order valence-corrected chi connectivity index (χ2v) is 8.44. The number of nitrogens with zero attached hydrogens (tertiary/aromatic N) is 2. The van der Waals surface area contributed by atoms with E-state index in [-0.39, 0.29) is 19.1 Å². The monoisotopic (exact) mass is 420 g/mol. The fraction of sp³-hybridized carbons (Fsp3) is 0.263. The summed E-state index contributed by atoms with van der Waals surface area (Å²) in [5, 5.41) is 0.680. The van der Waals surface area contributed by atoms with E-state index in [0.29, 0.717) is 21.3 Å². The highest BCUT2D eigenvalue weighted by atomic mass is 35.5. The molecule has 8 heteroatoms. The summed E-state index contributed by atoms with van der Waals surface area (Å²) in [6.45, 7) is 1.01. The van der Waals surface area contributed by atoms with Crippen molar-refractivity contribution in [3.63, 3.8) is 0 Å². The number of halogens is 1. The SMILES string of the molecule is CSCCn1c(=NC(=O)Cc2ccc3c(c2)OCO3)sc2cc(Cl)ccc21. The van der Waals surface area contributed by atoms with Crippen LogP contribution in [0.2, 0.25) is 5.02 Å². The van der Waals surface area contributed by atoms with E-state index in [0.717, 1.165) is 28.1 Å². The molecule has 2 aromatic carbocycles. The minimum absolute atomic E-state index is 0.190. The summed E-state index contributed by atoms with van der Waals surface area (Å²) in [5.74, 6) is 2.13. The lowest BCUT2D eigenvalue weighted by atomic mass is 10.1. The van der Waals surface area contributed by atoms with Gasteiger partial charge in [-0.2, -0.15) is 16.8 Å². The molecular formula is C19H17ClN2O3S2. The van der Waals surface area contributed by atoms with Crippen LogP contribution in [0.5, 0.6) is 11.5 Å². The zero-order valence-corrected chi connectivity index (χ0v) is 17.0. The summed E-state index contributed by atoms with van der Waals surface area (Å²) in [5.41, 5.74) is 1.90. The first-order valence-electron chi connectivity index (χ1n) is 8.38. The number of rotatable bonds is 5. The molecule has 0 radical (unpaired) electrons. The molecular weight excluding hydrogens is 404 g/mol. The first-order valence-corrected chi connectivity index (χ1v) is 11.0. The number of aromatic nitrogens is 1. The highest BCUT2D eigenvalue weighted by Crippen LogP contribution is 2.32. The highest BCUT2D eigenvalue weighted by molar-refractivity contribution is 7.98. The largest absolute Gasteiger partial charge is 0.454 e. The van der Waals surface area contributed by atoms with Crippen LogP contribution in [0.1, 0.15) is 5.56 Å². The van der Waals surface area contributed by atoms with Gasteiger partial charge in [-0.05, 0) is 42.2 Å². The van der Waals surface area contributed by atoms with Crippen LogP contribution in [-0.2, 0) is 17.8 Å². The molecule has 140 valence electrons.